The Labute approximate surface area is 178 Å². The van der Waals surface area contributed by atoms with E-state index >= 15 is 0 Å². The number of benzene rings is 1. The highest BCUT2D eigenvalue weighted by Crippen LogP contribution is 2.33. The van der Waals surface area contributed by atoms with Crippen molar-refractivity contribution in [3.05, 3.63) is 29.3 Å². The van der Waals surface area contributed by atoms with Gasteiger partial charge >= 0.3 is 6.03 Å². The number of hydrogen-bond donors (Lipinski definition) is 2. The van der Waals surface area contributed by atoms with E-state index in [1.165, 1.54) is 4.90 Å². The molecule has 7 heteroatoms. The quantitative estimate of drug-likeness (QED) is 0.796. The van der Waals surface area contributed by atoms with Crippen LogP contribution in [-0.2, 0) is 9.59 Å². The Morgan fingerprint density at radius 2 is 1.73 bits per heavy atom. The average molecular weight is 413 g/mol. The number of fused-ring (bicyclic) bond motifs is 1. The maximum absolute atomic E-state index is 13.4. The molecule has 1 aromatic carbocycles. The van der Waals surface area contributed by atoms with E-state index in [1.807, 2.05) is 32.0 Å². The normalized spacial score (nSPS) is 25.3. The molecule has 30 heavy (non-hydrogen) atoms. The molecule has 2 atom stereocenters. The van der Waals surface area contributed by atoms with E-state index in [0.717, 1.165) is 68.3 Å². The van der Waals surface area contributed by atoms with Crippen molar-refractivity contribution in [2.24, 2.45) is 5.92 Å². The molecule has 0 spiro atoms. The SMILES string of the molecule is Cc1cc(C)cc(NC(=O)CN2C(=O)N(C3CCCCC3)C(=O)C3CCCNC32)c1. The van der Waals surface area contributed by atoms with Gasteiger partial charge in [-0.3, -0.25) is 24.7 Å². The first-order valence-corrected chi connectivity index (χ1v) is 11.2. The fourth-order valence-electron chi connectivity index (χ4n) is 5.23. The lowest BCUT2D eigenvalue weighted by atomic mass is 9.88. The number of carbonyl (C=O) groups is 3. The Hall–Kier alpha value is -2.41. The molecule has 162 valence electrons. The van der Waals surface area contributed by atoms with Gasteiger partial charge in [0, 0.05) is 11.7 Å². The Morgan fingerprint density at radius 3 is 2.43 bits per heavy atom. The number of carbonyl (C=O) groups excluding carboxylic acids is 3. The van der Waals surface area contributed by atoms with Crippen LogP contribution < -0.4 is 10.6 Å². The van der Waals surface area contributed by atoms with Crippen molar-refractivity contribution in [1.82, 2.24) is 15.1 Å². The molecule has 2 unspecified atom stereocenters. The predicted molar refractivity (Wildman–Crippen MR) is 115 cm³/mol. The largest absolute Gasteiger partial charge is 0.328 e. The summed E-state index contributed by atoms with van der Waals surface area (Å²) >= 11 is 0. The monoisotopic (exact) mass is 412 g/mol. The van der Waals surface area contributed by atoms with E-state index in [0.29, 0.717) is 0 Å². The molecule has 4 amide bonds. The molecular weight excluding hydrogens is 380 g/mol. The van der Waals surface area contributed by atoms with Crippen molar-refractivity contribution in [1.29, 1.82) is 0 Å². The second kappa shape index (κ2) is 8.76. The number of aryl methyl sites for hydroxylation is 2. The Balaban J connectivity index is 1.53. The van der Waals surface area contributed by atoms with Gasteiger partial charge in [-0.25, -0.2) is 4.79 Å². The van der Waals surface area contributed by atoms with Gasteiger partial charge in [-0.05, 0) is 69.3 Å². The second-order valence-electron chi connectivity index (χ2n) is 8.98. The minimum atomic E-state index is -0.399. The van der Waals surface area contributed by atoms with Crippen molar-refractivity contribution in [3.8, 4) is 0 Å². The first kappa shape index (κ1) is 20.8. The van der Waals surface area contributed by atoms with Crippen LogP contribution in [0.5, 0.6) is 0 Å². The van der Waals surface area contributed by atoms with Gasteiger partial charge in [0.15, 0.2) is 0 Å². The summed E-state index contributed by atoms with van der Waals surface area (Å²) in [7, 11) is 0. The van der Waals surface area contributed by atoms with Crippen LogP contribution in [0, 0.1) is 19.8 Å². The Bertz CT molecular complexity index is 813. The van der Waals surface area contributed by atoms with Gasteiger partial charge in [0.1, 0.15) is 6.54 Å². The lowest BCUT2D eigenvalue weighted by Gasteiger charge is -2.49. The molecule has 0 bridgehead atoms. The van der Waals surface area contributed by atoms with Gasteiger partial charge in [0.2, 0.25) is 11.8 Å². The van der Waals surface area contributed by atoms with E-state index in [1.54, 1.807) is 4.90 Å². The maximum Gasteiger partial charge on any atom is 0.328 e. The van der Waals surface area contributed by atoms with Crippen LogP contribution in [-0.4, -0.2) is 52.9 Å². The highest BCUT2D eigenvalue weighted by atomic mass is 16.2. The first-order chi connectivity index (χ1) is 14.4. The Kier molecular flexibility index (Phi) is 6.09. The van der Waals surface area contributed by atoms with E-state index in [4.69, 9.17) is 0 Å². The minimum absolute atomic E-state index is 0.0355. The Morgan fingerprint density at radius 1 is 1.03 bits per heavy atom. The number of imide groups is 1. The molecule has 0 radical (unpaired) electrons. The van der Waals surface area contributed by atoms with Crippen LogP contribution in [0.15, 0.2) is 18.2 Å². The van der Waals surface area contributed by atoms with E-state index in [-0.39, 0.29) is 36.3 Å². The summed E-state index contributed by atoms with van der Waals surface area (Å²) in [5.74, 6) is -0.570. The standard InChI is InChI=1S/C23H32N4O3/c1-15-11-16(2)13-17(12-15)25-20(28)14-26-21-19(9-6-10-24-21)22(29)27(23(26)30)18-7-4-3-5-8-18/h11-13,18-19,21,24H,3-10,14H2,1-2H3,(H,25,28). The summed E-state index contributed by atoms with van der Waals surface area (Å²) in [4.78, 5) is 42.5. The highest BCUT2D eigenvalue weighted by Gasteiger charge is 2.49. The van der Waals surface area contributed by atoms with Crippen LogP contribution in [0.4, 0.5) is 10.5 Å². The van der Waals surface area contributed by atoms with Gasteiger partial charge in [-0.15, -0.1) is 0 Å². The maximum atomic E-state index is 13.4. The van der Waals surface area contributed by atoms with E-state index in [2.05, 4.69) is 10.6 Å². The van der Waals surface area contributed by atoms with Crippen molar-refractivity contribution in [2.75, 3.05) is 18.4 Å². The summed E-state index contributed by atoms with van der Waals surface area (Å²) < 4.78 is 0. The van der Waals surface area contributed by atoms with Gasteiger partial charge in [-0.1, -0.05) is 25.3 Å². The minimum Gasteiger partial charge on any atom is -0.325 e. The van der Waals surface area contributed by atoms with E-state index < -0.39 is 6.17 Å². The summed E-state index contributed by atoms with van der Waals surface area (Å²) in [6, 6.07) is 5.53. The molecule has 1 saturated carbocycles. The number of piperidine rings is 1. The molecule has 7 nitrogen and oxygen atoms in total. The number of amides is 4. The van der Waals surface area contributed by atoms with Crippen molar-refractivity contribution in [2.45, 2.75) is 71.0 Å². The predicted octanol–water partition coefficient (Wildman–Crippen LogP) is 3.16. The number of nitrogens with one attached hydrogen (secondary N) is 2. The first-order valence-electron chi connectivity index (χ1n) is 11.2. The van der Waals surface area contributed by atoms with Crippen LogP contribution in [0.25, 0.3) is 0 Å². The van der Waals surface area contributed by atoms with Gasteiger partial charge in [0.05, 0.1) is 12.1 Å². The number of urea groups is 1. The fraction of sp³-hybridized carbons (Fsp3) is 0.609. The molecule has 2 N–H and O–H groups in total. The molecule has 1 aromatic rings. The summed E-state index contributed by atoms with van der Waals surface area (Å²) in [6.45, 7) is 4.67. The smallest absolute Gasteiger partial charge is 0.325 e. The topological polar surface area (TPSA) is 81.8 Å². The lowest BCUT2D eigenvalue weighted by molar-refractivity contribution is -0.145. The fourth-order valence-corrected chi connectivity index (χ4v) is 5.23. The molecular formula is C23H32N4O3. The zero-order chi connectivity index (χ0) is 21.3. The number of nitrogens with zero attached hydrogens (tertiary/aromatic N) is 2. The molecule has 3 aliphatic rings. The molecule has 2 saturated heterocycles. The van der Waals surface area contributed by atoms with Crippen LogP contribution >= 0.6 is 0 Å². The van der Waals surface area contributed by atoms with Crippen molar-refractivity contribution < 1.29 is 14.4 Å². The molecule has 1 aliphatic carbocycles. The molecule has 2 heterocycles. The summed E-state index contributed by atoms with van der Waals surface area (Å²) in [6.07, 6.45) is 6.23. The molecule has 2 aliphatic heterocycles. The van der Waals surface area contributed by atoms with Crippen LogP contribution in [0.1, 0.15) is 56.1 Å². The molecule has 3 fully saturated rings. The number of hydrogen-bond acceptors (Lipinski definition) is 4. The molecule has 0 aromatic heterocycles. The lowest BCUT2D eigenvalue weighted by Crippen LogP contribution is -2.69. The third-order valence-electron chi connectivity index (χ3n) is 6.53. The van der Waals surface area contributed by atoms with Gasteiger partial charge < -0.3 is 5.32 Å². The zero-order valence-electron chi connectivity index (χ0n) is 17.9. The number of rotatable bonds is 4. The zero-order valence-corrected chi connectivity index (χ0v) is 17.9. The summed E-state index contributed by atoms with van der Waals surface area (Å²) in [5, 5.41) is 6.25. The second-order valence-corrected chi connectivity index (χ2v) is 8.98. The van der Waals surface area contributed by atoms with Crippen molar-refractivity contribution >= 4 is 23.5 Å². The highest BCUT2D eigenvalue weighted by molar-refractivity contribution is 6.01. The van der Waals surface area contributed by atoms with Gasteiger partial charge in [-0.2, -0.15) is 0 Å². The molecule has 4 rings (SSSR count). The van der Waals surface area contributed by atoms with Crippen molar-refractivity contribution in [3.63, 3.8) is 0 Å². The van der Waals surface area contributed by atoms with Gasteiger partial charge in [0.25, 0.3) is 0 Å². The third-order valence-corrected chi connectivity index (χ3v) is 6.53. The summed E-state index contributed by atoms with van der Waals surface area (Å²) in [5.41, 5.74) is 2.88. The van der Waals surface area contributed by atoms with E-state index in [9.17, 15) is 14.4 Å². The van der Waals surface area contributed by atoms with Crippen LogP contribution in [0.3, 0.4) is 0 Å². The average Bonchev–Trinajstić information content (AvgIpc) is 2.71. The number of anilines is 1. The third kappa shape index (κ3) is 4.21. The van der Waals surface area contributed by atoms with Crippen LogP contribution in [0.2, 0.25) is 0 Å².